The lowest BCUT2D eigenvalue weighted by atomic mass is 9.74. The van der Waals surface area contributed by atoms with Gasteiger partial charge in [-0.05, 0) is 37.5 Å². The standard InChI is InChI=1S/C17H16ClF4NO4S2/c1-10-2-4-11(5-3-10)29(26,27)23-9-14(28(18,24)25)12-6-7-17(15(19)20,16(21)22)8-13(12)23/h2-5,9,15-16H,6-8H2,1H3. The van der Waals surface area contributed by atoms with Gasteiger partial charge in [0.15, 0.2) is 0 Å². The normalized spacial score (nSPS) is 17.0. The van der Waals surface area contributed by atoms with Gasteiger partial charge in [0.2, 0.25) is 12.9 Å². The van der Waals surface area contributed by atoms with Crippen molar-refractivity contribution in [2.24, 2.45) is 5.41 Å². The molecule has 0 spiro atoms. The summed E-state index contributed by atoms with van der Waals surface area (Å²) in [4.78, 5) is -0.827. The first-order valence-corrected chi connectivity index (χ1v) is 12.1. The van der Waals surface area contributed by atoms with Gasteiger partial charge in [0, 0.05) is 29.0 Å². The molecule has 3 rings (SSSR count). The Balaban J connectivity index is 2.27. The highest BCUT2D eigenvalue weighted by atomic mass is 35.7. The van der Waals surface area contributed by atoms with Crippen LogP contribution in [0.25, 0.3) is 0 Å². The van der Waals surface area contributed by atoms with E-state index in [4.69, 9.17) is 10.7 Å². The fraction of sp³-hybridized carbons (Fsp3) is 0.412. The lowest BCUT2D eigenvalue weighted by Gasteiger charge is -2.36. The molecule has 0 amide bonds. The number of aromatic nitrogens is 1. The number of hydrogen-bond acceptors (Lipinski definition) is 4. The molecule has 5 nitrogen and oxygen atoms in total. The molecule has 1 aliphatic rings. The van der Waals surface area contributed by atoms with Crippen molar-refractivity contribution in [2.75, 3.05) is 0 Å². The van der Waals surface area contributed by atoms with Gasteiger partial charge < -0.3 is 0 Å². The zero-order valence-corrected chi connectivity index (χ0v) is 17.3. The minimum Gasteiger partial charge on any atom is -0.244 e. The van der Waals surface area contributed by atoms with Crippen LogP contribution in [0.15, 0.2) is 40.3 Å². The second-order valence-electron chi connectivity index (χ2n) is 6.98. The Morgan fingerprint density at radius 3 is 2.07 bits per heavy atom. The molecule has 160 valence electrons. The average Bonchev–Trinajstić information content (AvgIpc) is 3.01. The van der Waals surface area contributed by atoms with E-state index in [0.29, 0.717) is 10.2 Å². The molecule has 1 aromatic heterocycles. The Morgan fingerprint density at radius 1 is 1.03 bits per heavy atom. The molecule has 0 aliphatic heterocycles. The summed E-state index contributed by atoms with van der Waals surface area (Å²) in [6.07, 6.45) is -8.34. The van der Waals surface area contributed by atoms with Gasteiger partial charge in [0.05, 0.1) is 10.3 Å². The van der Waals surface area contributed by atoms with Crippen molar-refractivity contribution in [1.29, 1.82) is 0 Å². The van der Waals surface area contributed by atoms with Crippen molar-refractivity contribution in [2.45, 2.75) is 48.8 Å². The van der Waals surface area contributed by atoms with Gasteiger partial charge in [-0.1, -0.05) is 17.7 Å². The second kappa shape index (κ2) is 7.28. The number of aryl methyl sites for hydroxylation is 1. The molecule has 2 aromatic rings. The maximum atomic E-state index is 13.6. The van der Waals surface area contributed by atoms with E-state index in [1.54, 1.807) is 6.92 Å². The number of alkyl halides is 4. The number of hydrogen-bond donors (Lipinski definition) is 0. The summed E-state index contributed by atoms with van der Waals surface area (Å²) >= 11 is 0. The lowest BCUT2D eigenvalue weighted by molar-refractivity contribution is -0.117. The molecule has 0 saturated carbocycles. The van der Waals surface area contributed by atoms with Crippen molar-refractivity contribution in [3.8, 4) is 0 Å². The molecule has 0 bridgehead atoms. The summed E-state index contributed by atoms with van der Waals surface area (Å²) < 4.78 is 105. The third-order valence-electron chi connectivity index (χ3n) is 5.19. The Bertz CT molecular complexity index is 1130. The van der Waals surface area contributed by atoms with Gasteiger partial charge >= 0.3 is 0 Å². The average molecular weight is 474 g/mol. The van der Waals surface area contributed by atoms with Crippen LogP contribution in [0, 0.1) is 12.3 Å². The summed E-state index contributed by atoms with van der Waals surface area (Å²) in [5, 5.41) is 0. The van der Waals surface area contributed by atoms with Crippen LogP contribution in [0.5, 0.6) is 0 Å². The molecule has 12 heteroatoms. The first-order chi connectivity index (χ1) is 13.3. The van der Waals surface area contributed by atoms with E-state index < -0.39 is 67.2 Å². The number of fused-ring (bicyclic) bond motifs is 1. The van der Waals surface area contributed by atoms with Crippen LogP contribution in [0.2, 0.25) is 0 Å². The third-order valence-corrected chi connectivity index (χ3v) is 8.28. The van der Waals surface area contributed by atoms with Crippen LogP contribution < -0.4 is 0 Å². The summed E-state index contributed by atoms with van der Waals surface area (Å²) in [5.74, 6) is 0. The molecule has 0 radical (unpaired) electrons. The number of halogens is 5. The van der Waals surface area contributed by atoms with Crippen LogP contribution in [0.3, 0.4) is 0 Å². The molecule has 0 N–H and O–H groups in total. The molecule has 0 saturated heterocycles. The fourth-order valence-corrected chi connectivity index (χ4v) is 6.09. The monoisotopic (exact) mass is 473 g/mol. The first kappa shape index (κ1) is 22.1. The third kappa shape index (κ3) is 3.68. The quantitative estimate of drug-likeness (QED) is 0.486. The van der Waals surface area contributed by atoms with Crippen LogP contribution in [-0.2, 0) is 31.9 Å². The van der Waals surface area contributed by atoms with E-state index in [1.165, 1.54) is 24.3 Å². The van der Waals surface area contributed by atoms with E-state index in [1.807, 2.05) is 0 Å². The zero-order chi connectivity index (χ0) is 21.8. The Labute approximate surface area is 169 Å². The number of rotatable bonds is 5. The smallest absolute Gasteiger partial charge is 0.244 e. The van der Waals surface area contributed by atoms with E-state index in [0.717, 1.165) is 5.56 Å². The fourth-order valence-electron chi connectivity index (χ4n) is 3.46. The predicted octanol–water partition coefficient (Wildman–Crippen LogP) is 3.97. The summed E-state index contributed by atoms with van der Waals surface area (Å²) in [6, 6.07) is 5.49. The van der Waals surface area contributed by atoms with Crippen molar-refractivity contribution in [3.05, 3.63) is 47.3 Å². The Morgan fingerprint density at radius 2 is 1.59 bits per heavy atom. The molecule has 1 aliphatic carbocycles. The molecule has 29 heavy (non-hydrogen) atoms. The summed E-state index contributed by atoms with van der Waals surface area (Å²) in [5.41, 5.74) is -2.58. The molecule has 0 unspecified atom stereocenters. The first-order valence-electron chi connectivity index (χ1n) is 8.37. The van der Waals surface area contributed by atoms with Crippen LogP contribution >= 0.6 is 10.7 Å². The minimum absolute atomic E-state index is 0.132. The SMILES string of the molecule is Cc1ccc(S(=O)(=O)n2cc(S(=O)(=O)Cl)c3c2CC(C(F)F)(C(F)F)CC3)cc1. The number of nitrogens with zero attached hydrogens (tertiary/aromatic N) is 1. The highest BCUT2D eigenvalue weighted by Crippen LogP contribution is 2.47. The highest BCUT2D eigenvalue weighted by molar-refractivity contribution is 8.13. The van der Waals surface area contributed by atoms with Crippen molar-refractivity contribution in [1.82, 2.24) is 3.97 Å². The maximum Gasteiger partial charge on any atom is 0.267 e. The van der Waals surface area contributed by atoms with E-state index in [-0.39, 0.29) is 10.5 Å². The van der Waals surface area contributed by atoms with Crippen LogP contribution in [0.4, 0.5) is 17.6 Å². The largest absolute Gasteiger partial charge is 0.267 e. The second-order valence-corrected chi connectivity index (χ2v) is 11.3. The molecule has 1 heterocycles. The van der Waals surface area contributed by atoms with Crippen molar-refractivity contribution in [3.63, 3.8) is 0 Å². The van der Waals surface area contributed by atoms with Gasteiger partial charge in [-0.2, -0.15) is 0 Å². The van der Waals surface area contributed by atoms with Crippen molar-refractivity contribution < 1.29 is 34.4 Å². The molecular formula is C17H16ClF4NO4S2. The van der Waals surface area contributed by atoms with Crippen molar-refractivity contribution >= 4 is 29.8 Å². The van der Waals surface area contributed by atoms with Gasteiger partial charge in [-0.25, -0.2) is 38.4 Å². The Kier molecular flexibility index (Phi) is 5.55. The molecular weight excluding hydrogens is 458 g/mol. The molecule has 1 aromatic carbocycles. The van der Waals surface area contributed by atoms with E-state index >= 15 is 0 Å². The minimum atomic E-state index is -4.44. The maximum absolute atomic E-state index is 13.6. The van der Waals surface area contributed by atoms with E-state index in [2.05, 4.69) is 0 Å². The predicted molar refractivity (Wildman–Crippen MR) is 97.7 cm³/mol. The van der Waals surface area contributed by atoms with Gasteiger partial charge in [-0.3, -0.25) is 0 Å². The Hall–Kier alpha value is -1.59. The topological polar surface area (TPSA) is 73.2 Å². The molecule has 0 atom stereocenters. The molecule has 0 fully saturated rings. The zero-order valence-electron chi connectivity index (χ0n) is 14.9. The van der Waals surface area contributed by atoms with Gasteiger partial charge in [0.1, 0.15) is 4.90 Å². The van der Waals surface area contributed by atoms with Gasteiger partial charge in [0.25, 0.3) is 19.1 Å². The van der Waals surface area contributed by atoms with Crippen LogP contribution in [0.1, 0.15) is 23.2 Å². The summed E-state index contributed by atoms with van der Waals surface area (Å²) in [7, 11) is -3.48. The van der Waals surface area contributed by atoms with E-state index in [9.17, 15) is 34.4 Å². The highest BCUT2D eigenvalue weighted by Gasteiger charge is 2.52. The number of benzene rings is 1. The van der Waals surface area contributed by atoms with Crippen LogP contribution in [-0.4, -0.2) is 33.7 Å². The lowest BCUT2D eigenvalue weighted by Crippen LogP contribution is -2.43. The summed E-state index contributed by atoms with van der Waals surface area (Å²) in [6.45, 7) is 1.71. The van der Waals surface area contributed by atoms with Gasteiger partial charge in [-0.15, -0.1) is 0 Å².